The van der Waals surface area contributed by atoms with Crippen LogP contribution in [-0.2, 0) is 6.54 Å². The molecule has 19 heavy (non-hydrogen) atoms. The van der Waals surface area contributed by atoms with Gasteiger partial charge in [0.2, 0.25) is 0 Å². The molecule has 0 aliphatic carbocycles. The first kappa shape index (κ1) is 13.5. The molecule has 0 saturated heterocycles. The number of nitrogens with zero attached hydrogens (tertiary/aromatic N) is 1. The van der Waals surface area contributed by atoms with Gasteiger partial charge in [0.1, 0.15) is 11.5 Å². The molecule has 1 N–H and O–H groups in total. The lowest BCUT2D eigenvalue weighted by molar-refractivity contribution is -0.384. The summed E-state index contributed by atoms with van der Waals surface area (Å²) in [7, 11) is 0. The summed E-state index contributed by atoms with van der Waals surface area (Å²) in [5.74, 6) is -0.512. The van der Waals surface area contributed by atoms with E-state index in [2.05, 4.69) is 21.2 Å². The van der Waals surface area contributed by atoms with Crippen LogP contribution in [0.15, 0.2) is 46.9 Å². The van der Waals surface area contributed by atoms with E-state index in [9.17, 15) is 14.5 Å². The van der Waals surface area contributed by atoms with Gasteiger partial charge in [-0.05, 0) is 23.8 Å². The Labute approximate surface area is 117 Å². The molecule has 0 radical (unpaired) electrons. The van der Waals surface area contributed by atoms with Crippen LogP contribution in [0, 0.1) is 15.9 Å². The Balaban J connectivity index is 2.19. The maximum Gasteiger partial charge on any atom is 0.292 e. The maximum absolute atomic E-state index is 13.1. The summed E-state index contributed by atoms with van der Waals surface area (Å²) in [4.78, 5) is 10.3. The fourth-order valence-electron chi connectivity index (χ4n) is 1.65. The van der Waals surface area contributed by atoms with Crippen molar-refractivity contribution in [1.29, 1.82) is 0 Å². The van der Waals surface area contributed by atoms with Crippen LogP contribution in [0.4, 0.5) is 15.8 Å². The fraction of sp³-hybridized carbons (Fsp3) is 0.0769. The number of nitro groups is 1. The summed E-state index contributed by atoms with van der Waals surface area (Å²) in [6.07, 6.45) is 0. The zero-order chi connectivity index (χ0) is 13.8. The number of benzene rings is 2. The molecule has 4 nitrogen and oxygen atoms in total. The summed E-state index contributed by atoms with van der Waals surface area (Å²) in [6, 6.07) is 10.9. The summed E-state index contributed by atoms with van der Waals surface area (Å²) in [5, 5.41) is 13.7. The number of anilines is 1. The number of rotatable bonds is 4. The van der Waals surface area contributed by atoms with Gasteiger partial charge in [0.05, 0.1) is 4.92 Å². The van der Waals surface area contributed by atoms with Crippen molar-refractivity contribution in [2.45, 2.75) is 6.54 Å². The first-order valence-corrected chi connectivity index (χ1v) is 6.28. The van der Waals surface area contributed by atoms with Crippen LogP contribution in [0.1, 0.15) is 5.56 Å². The summed E-state index contributed by atoms with van der Waals surface area (Å²) in [5.41, 5.74) is 0.967. The number of nitrogens with one attached hydrogen (secondary N) is 1. The highest BCUT2D eigenvalue weighted by Gasteiger charge is 2.13. The van der Waals surface area contributed by atoms with Crippen molar-refractivity contribution in [3.05, 3.63) is 68.4 Å². The van der Waals surface area contributed by atoms with Gasteiger partial charge in [-0.2, -0.15) is 0 Å². The standard InChI is InChI=1S/C13H10BrFN2O2/c14-10-3-1-2-9(6-10)8-16-12-7-11(15)4-5-13(12)17(18)19/h1-7,16H,8H2. The van der Waals surface area contributed by atoms with E-state index < -0.39 is 10.7 Å². The number of nitro benzene ring substituents is 1. The van der Waals surface area contributed by atoms with Gasteiger partial charge in [0.15, 0.2) is 0 Å². The maximum atomic E-state index is 13.1. The van der Waals surface area contributed by atoms with Crippen molar-refractivity contribution in [3.63, 3.8) is 0 Å². The molecule has 98 valence electrons. The van der Waals surface area contributed by atoms with Crippen molar-refractivity contribution >= 4 is 27.3 Å². The van der Waals surface area contributed by atoms with Gasteiger partial charge < -0.3 is 5.32 Å². The predicted molar refractivity (Wildman–Crippen MR) is 74.5 cm³/mol. The Morgan fingerprint density at radius 2 is 2.05 bits per heavy atom. The quantitative estimate of drug-likeness (QED) is 0.680. The molecule has 0 amide bonds. The van der Waals surface area contributed by atoms with Gasteiger partial charge in [-0.15, -0.1) is 0 Å². The molecule has 2 aromatic rings. The van der Waals surface area contributed by atoms with Crippen molar-refractivity contribution in [2.24, 2.45) is 0 Å². The third-order valence-corrected chi connectivity index (χ3v) is 3.02. The number of hydrogen-bond acceptors (Lipinski definition) is 3. The van der Waals surface area contributed by atoms with Crippen molar-refractivity contribution in [3.8, 4) is 0 Å². The highest BCUT2D eigenvalue weighted by molar-refractivity contribution is 9.10. The molecule has 6 heteroatoms. The van der Waals surface area contributed by atoms with Crippen molar-refractivity contribution < 1.29 is 9.31 Å². The van der Waals surface area contributed by atoms with Crippen LogP contribution in [0.2, 0.25) is 0 Å². The van der Waals surface area contributed by atoms with Crippen LogP contribution in [0.3, 0.4) is 0 Å². The van der Waals surface area contributed by atoms with Crippen LogP contribution in [0.5, 0.6) is 0 Å². The topological polar surface area (TPSA) is 55.2 Å². The predicted octanol–water partition coefficient (Wildman–Crippen LogP) is 4.11. The second kappa shape index (κ2) is 5.79. The molecular formula is C13H10BrFN2O2. The van der Waals surface area contributed by atoms with E-state index in [0.717, 1.165) is 28.2 Å². The zero-order valence-corrected chi connectivity index (χ0v) is 11.4. The van der Waals surface area contributed by atoms with E-state index in [-0.39, 0.29) is 11.4 Å². The van der Waals surface area contributed by atoms with Gasteiger partial charge in [-0.25, -0.2) is 4.39 Å². The molecule has 2 rings (SSSR count). The van der Waals surface area contributed by atoms with Crippen LogP contribution in [-0.4, -0.2) is 4.92 Å². The van der Waals surface area contributed by atoms with Crippen LogP contribution in [0.25, 0.3) is 0 Å². The average Bonchev–Trinajstić information content (AvgIpc) is 2.36. The minimum atomic E-state index is -0.539. The number of halogens is 2. The Bertz CT molecular complexity index is 619. The molecule has 0 fully saturated rings. The van der Waals surface area contributed by atoms with Gasteiger partial charge in [-0.1, -0.05) is 28.1 Å². The van der Waals surface area contributed by atoms with Gasteiger partial charge >= 0.3 is 0 Å². The van der Waals surface area contributed by atoms with Gasteiger partial charge in [-0.3, -0.25) is 10.1 Å². The normalized spacial score (nSPS) is 10.2. The zero-order valence-electron chi connectivity index (χ0n) is 9.77. The molecule has 0 saturated carbocycles. The molecule has 2 aromatic carbocycles. The average molecular weight is 325 g/mol. The molecule has 0 bridgehead atoms. The number of hydrogen-bond donors (Lipinski definition) is 1. The third-order valence-electron chi connectivity index (χ3n) is 2.53. The largest absolute Gasteiger partial charge is 0.375 e. The van der Waals surface area contributed by atoms with E-state index in [4.69, 9.17) is 0 Å². The van der Waals surface area contributed by atoms with Crippen LogP contribution >= 0.6 is 15.9 Å². The molecule has 0 spiro atoms. The molecule has 0 unspecified atom stereocenters. The lowest BCUT2D eigenvalue weighted by Gasteiger charge is -2.07. The summed E-state index contributed by atoms with van der Waals surface area (Å²) >= 11 is 3.34. The van der Waals surface area contributed by atoms with Gasteiger partial charge in [0, 0.05) is 23.2 Å². The second-order valence-corrected chi connectivity index (χ2v) is 4.82. The monoisotopic (exact) mass is 324 g/mol. The second-order valence-electron chi connectivity index (χ2n) is 3.90. The Morgan fingerprint density at radius 3 is 2.74 bits per heavy atom. The molecular weight excluding hydrogens is 315 g/mol. The summed E-state index contributed by atoms with van der Waals surface area (Å²) in [6.45, 7) is 0.379. The lowest BCUT2D eigenvalue weighted by Crippen LogP contribution is -2.03. The Hall–Kier alpha value is -1.95. The highest BCUT2D eigenvalue weighted by Crippen LogP contribution is 2.25. The van der Waals surface area contributed by atoms with E-state index in [0.29, 0.717) is 6.54 Å². The smallest absolute Gasteiger partial charge is 0.292 e. The van der Waals surface area contributed by atoms with Crippen molar-refractivity contribution in [1.82, 2.24) is 0 Å². The van der Waals surface area contributed by atoms with E-state index >= 15 is 0 Å². The third kappa shape index (κ3) is 3.51. The van der Waals surface area contributed by atoms with E-state index in [1.807, 2.05) is 24.3 Å². The Kier molecular flexibility index (Phi) is 4.11. The molecule has 0 aliphatic rings. The van der Waals surface area contributed by atoms with Crippen LogP contribution < -0.4 is 5.32 Å². The summed E-state index contributed by atoms with van der Waals surface area (Å²) < 4.78 is 14.0. The molecule has 0 aromatic heterocycles. The molecule has 0 heterocycles. The van der Waals surface area contributed by atoms with Gasteiger partial charge in [0.25, 0.3) is 5.69 Å². The Morgan fingerprint density at radius 1 is 1.26 bits per heavy atom. The first-order chi connectivity index (χ1) is 9.06. The minimum Gasteiger partial charge on any atom is -0.375 e. The van der Waals surface area contributed by atoms with Crippen molar-refractivity contribution in [2.75, 3.05) is 5.32 Å². The molecule has 0 atom stereocenters. The van der Waals surface area contributed by atoms with E-state index in [1.165, 1.54) is 0 Å². The lowest BCUT2D eigenvalue weighted by atomic mass is 10.2. The highest BCUT2D eigenvalue weighted by atomic mass is 79.9. The molecule has 0 aliphatic heterocycles. The minimum absolute atomic E-state index is 0.142. The fourth-order valence-corrected chi connectivity index (χ4v) is 2.10. The van der Waals surface area contributed by atoms with E-state index in [1.54, 1.807) is 0 Å². The SMILES string of the molecule is O=[N+]([O-])c1ccc(F)cc1NCc1cccc(Br)c1. The first-order valence-electron chi connectivity index (χ1n) is 5.48.